The summed E-state index contributed by atoms with van der Waals surface area (Å²) in [4.78, 5) is 0.589. The highest BCUT2D eigenvalue weighted by Crippen LogP contribution is 2.31. The summed E-state index contributed by atoms with van der Waals surface area (Å²) in [7, 11) is -5.97. The van der Waals surface area contributed by atoms with Crippen LogP contribution in [0.5, 0.6) is 28.7 Å². The maximum atomic E-state index is 13.4. The third-order valence-electron chi connectivity index (χ3n) is 7.48. The van der Waals surface area contributed by atoms with Crippen molar-refractivity contribution in [2.75, 3.05) is 7.11 Å². The smallest absolute Gasteiger partial charge is 0.206 e. The zero-order valence-electron chi connectivity index (χ0n) is 25.5. The first-order valence-electron chi connectivity index (χ1n) is 14.6. The fraction of sp³-hybridized carbons (Fsp3) is 0.0526. The number of hydrogen-bond acceptors (Lipinski definition) is 7. The van der Waals surface area contributed by atoms with Crippen molar-refractivity contribution in [2.45, 2.75) is 26.5 Å². The SMILES string of the molecule is COc1ccc(S(=O)(=O)c2ccc(-c3ccc(S(=O)(=O)c4ccc(Oc5ccc(Oc6ccc(C)cc6)cc5)cc4)cc3)cc2)cc1. The van der Waals surface area contributed by atoms with Gasteiger partial charge in [0.15, 0.2) is 0 Å². The van der Waals surface area contributed by atoms with E-state index in [-0.39, 0.29) is 19.6 Å². The van der Waals surface area contributed by atoms with E-state index in [1.165, 1.54) is 55.6 Å². The molecule has 0 bridgehead atoms. The number of ether oxygens (including phenoxy) is 3. The molecule has 0 aromatic heterocycles. The van der Waals surface area contributed by atoms with Crippen molar-refractivity contribution in [1.29, 1.82) is 0 Å². The van der Waals surface area contributed by atoms with Crippen LogP contribution in [-0.4, -0.2) is 23.9 Å². The molecule has 9 heteroatoms. The van der Waals surface area contributed by atoms with Crippen LogP contribution in [0.1, 0.15) is 5.56 Å². The van der Waals surface area contributed by atoms with Crippen molar-refractivity contribution >= 4 is 19.7 Å². The van der Waals surface area contributed by atoms with Crippen LogP contribution in [0.3, 0.4) is 0 Å². The number of benzene rings is 6. The lowest BCUT2D eigenvalue weighted by atomic mass is 10.1. The van der Waals surface area contributed by atoms with Crippen LogP contribution in [0.15, 0.2) is 165 Å². The van der Waals surface area contributed by atoms with Crippen LogP contribution < -0.4 is 14.2 Å². The summed E-state index contributed by atoms with van der Waals surface area (Å²) in [5, 5.41) is 0. The van der Waals surface area contributed by atoms with Gasteiger partial charge in [-0.15, -0.1) is 0 Å². The Morgan fingerprint density at radius 1 is 0.362 bits per heavy atom. The number of methoxy groups -OCH3 is 1. The fourth-order valence-corrected chi connectivity index (χ4v) is 7.34. The van der Waals surface area contributed by atoms with Gasteiger partial charge >= 0.3 is 0 Å². The lowest BCUT2D eigenvalue weighted by Crippen LogP contribution is -2.02. The monoisotopic (exact) mass is 662 g/mol. The third-order valence-corrected chi connectivity index (χ3v) is 11.1. The molecule has 0 aliphatic rings. The Morgan fingerprint density at radius 2 is 0.617 bits per heavy atom. The van der Waals surface area contributed by atoms with Gasteiger partial charge in [-0.25, -0.2) is 16.8 Å². The molecule has 0 saturated carbocycles. The predicted octanol–water partition coefficient (Wildman–Crippen LogP) is 8.92. The minimum Gasteiger partial charge on any atom is -0.497 e. The van der Waals surface area contributed by atoms with Gasteiger partial charge in [0.25, 0.3) is 0 Å². The Balaban J connectivity index is 1.10. The molecule has 236 valence electrons. The molecule has 0 aliphatic carbocycles. The first kappa shape index (κ1) is 31.6. The largest absolute Gasteiger partial charge is 0.497 e. The summed E-state index contributed by atoms with van der Waals surface area (Å²) >= 11 is 0. The molecule has 7 nitrogen and oxygen atoms in total. The molecule has 0 N–H and O–H groups in total. The molecule has 0 saturated heterocycles. The zero-order valence-corrected chi connectivity index (χ0v) is 27.2. The van der Waals surface area contributed by atoms with Crippen molar-refractivity contribution in [3.63, 3.8) is 0 Å². The molecule has 0 radical (unpaired) electrons. The molecule has 0 aliphatic heterocycles. The van der Waals surface area contributed by atoms with Crippen LogP contribution in [0.4, 0.5) is 0 Å². The summed E-state index contributed by atoms with van der Waals surface area (Å²) in [6, 6.07) is 40.3. The molecule has 0 spiro atoms. The molecule has 6 aromatic carbocycles. The van der Waals surface area contributed by atoms with E-state index in [2.05, 4.69) is 0 Å². The average Bonchev–Trinajstić information content (AvgIpc) is 3.10. The van der Waals surface area contributed by atoms with Crippen molar-refractivity contribution < 1.29 is 31.0 Å². The molecule has 0 amide bonds. The van der Waals surface area contributed by atoms with E-state index >= 15 is 0 Å². The van der Waals surface area contributed by atoms with Crippen LogP contribution in [-0.2, 0) is 19.7 Å². The van der Waals surface area contributed by atoms with Crippen molar-refractivity contribution in [3.05, 3.63) is 151 Å². The van der Waals surface area contributed by atoms with Crippen LogP contribution in [0.2, 0.25) is 0 Å². The summed E-state index contributed by atoms with van der Waals surface area (Å²) in [5.74, 6) is 3.05. The molecule has 6 aromatic rings. The third kappa shape index (κ3) is 7.06. The van der Waals surface area contributed by atoms with Gasteiger partial charge in [-0.1, -0.05) is 42.0 Å². The molecule has 47 heavy (non-hydrogen) atoms. The first-order chi connectivity index (χ1) is 22.6. The zero-order chi connectivity index (χ0) is 33.0. The van der Waals surface area contributed by atoms with Crippen LogP contribution in [0.25, 0.3) is 11.1 Å². The molecular weight excluding hydrogens is 633 g/mol. The Morgan fingerprint density at radius 3 is 0.936 bits per heavy atom. The Labute approximate surface area is 274 Å². The van der Waals surface area contributed by atoms with E-state index in [9.17, 15) is 16.8 Å². The van der Waals surface area contributed by atoms with Crippen LogP contribution >= 0.6 is 0 Å². The molecule has 0 fully saturated rings. The molecule has 6 rings (SSSR count). The molecular formula is C38H30O7S2. The average molecular weight is 663 g/mol. The minimum absolute atomic E-state index is 0.132. The molecule has 0 heterocycles. The highest BCUT2D eigenvalue weighted by atomic mass is 32.2. The number of aryl methyl sites for hydroxylation is 1. The second-order valence-corrected chi connectivity index (χ2v) is 14.6. The van der Waals surface area contributed by atoms with Gasteiger partial charge in [-0.05, 0) is 127 Å². The van der Waals surface area contributed by atoms with Gasteiger partial charge in [0.1, 0.15) is 28.7 Å². The van der Waals surface area contributed by atoms with Crippen LogP contribution in [0, 0.1) is 6.92 Å². The van der Waals surface area contributed by atoms with Gasteiger partial charge in [0.05, 0.1) is 26.7 Å². The fourth-order valence-electron chi connectivity index (χ4n) is 4.82. The topological polar surface area (TPSA) is 96.0 Å². The van der Waals surface area contributed by atoms with E-state index < -0.39 is 19.7 Å². The maximum Gasteiger partial charge on any atom is 0.206 e. The standard InChI is InChI=1S/C38H30O7S2/c1-27-3-9-31(10-4-27)44-32-11-13-33(14-12-32)45-34-17-25-38(26-18-34)47(41,42)36-21-7-29(8-22-36)28-5-19-35(20-6-28)46(39,40)37-23-15-30(43-2)16-24-37/h3-26H,1-2H3. The van der Waals surface area contributed by atoms with Gasteiger partial charge in [-0.2, -0.15) is 0 Å². The first-order valence-corrected chi connectivity index (χ1v) is 17.6. The summed E-state index contributed by atoms with van der Waals surface area (Å²) in [6.45, 7) is 2.02. The second-order valence-electron chi connectivity index (χ2n) is 10.7. The molecule has 0 unspecified atom stereocenters. The van der Waals surface area contributed by atoms with Gasteiger partial charge in [-0.3, -0.25) is 0 Å². The summed E-state index contributed by atoms with van der Waals surface area (Å²) < 4.78 is 69.7. The van der Waals surface area contributed by atoms with E-state index in [1.807, 2.05) is 31.2 Å². The van der Waals surface area contributed by atoms with E-state index in [4.69, 9.17) is 14.2 Å². The minimum atomic E-state index is -3.79. The predicted molar refractivity (Wildman–Crippen MR) is 180 cm³/mol. The normalized spacial score (nSPS) is 11.5. The highest BCUT2D eigenvalue weighted by molar-refractivity contribution is 7.91. The molecule has 0 atom stereocenters. The van der Waals surface area contributed by atoms with Gasteiger partial charge < -0.3 is 14.2 Å². The lowest BCUT2D eigenvalue weighted by Gasteiger charge is -2.10. The summed E-state index contributed by atoms with van der Waals surface area (Å²) in [5.41, 5.74) is 2.65. The van der Waals surface area contributed by atoms with E-state index in [1.54, 1.807) is 72.8 Å². The van der Waals surface area contributed by atoms with Crippen molar-refractivity contribution in [3.8, 4) is 39.9 Å². The number of rotatable bonds is 10. The Hall–Kier alpha value is -5.38. The van der Waals surface area contributed by atoms with E-state index in [0.717, 1.165) is 22.4 Å². The summed E-state index contributed by atoms with van der Waals surface area (Å²) in [6.07, 6.45) is 0. The van der Waals surface area contributed by atoms with E-state index in [0.29, 0.717) is 23.0 Å². The highest BCUT2D eigenvalue weighted by Gasteiger charge is 2.19. The maximum absolute atomic E-state index is 13.4. The quantitative estimate of drug-likeness (QED) is 0.145. The number of hydrogen-bond donors (Lipinski definition) is 0. The van der Waals surface area contributed by atoms with Gasteiger partial charge in [0.2, 0.25) is 19.7 Å². The lowest BCUT2D eigenvalue weighted by molar-refractivity contribution is 0.414. The Kier molecular flexibility index (Phi) is 8.84. The van der Waals surface area contributed by atoms with Gasteiger partial charge in [0, 0.05) is 0 Å². The van der Waals surface area contributed by atoms with Crippen molar-refractivity contribution in [1.82, 2.24) is 0 Å². The number of sulfone groups is 2. The second kappa shape index (κ2) is 13.2. The Bertz CT molecular complexity index is 2190. The van der Waals surface area contributed by atoms with Crippen molar-refractivity contribution in [2.24, 2.45) is 0 Å².